The van der Waals surface area contributed by atoms with Crippen LogP contribution in [0.2, 0.25) is 0 Å². The number of nitriles is 1. The van der Waals surface area contributed by atoms with E-state index in [-0.39, 0.29) is 11.8 Å². The number of amides is 1. The molecule has 1 aliphatic rings. The van der Waals surface area contributed by atoms with Gasteiger partial charge in [0, 0.05) is 18.5 Å². The molecule has 1 amide bonds. The van der Waals surface area contributed by atoms with Gasteiger partial charge in [-0.05, 0) is 43.4 Å². The Balaban J connectivity index is 1.80. The maximum absolute atomic E-state index is 11.1. The van der Waals surface area contributed by atoms with Crippen molar-refractivity contribution >= 4 is 5.91 Å². The SMILES string of the molecule is N#Cc1cccc(CNC2CCC(C(N)=O)CC2)c1. The van der Waals surface area contributed by atoms with Crippen molar-refractivity contribution in [2.45, 2.75) is 38.3 Å². The topological polar surface area (TPSA) is 78.9 Å². The van der Waals surface area contributed by atoms with Crippen molar-refractivity contribution in [2.24, 2.45) is 11.7 Å². The van der Waals surface area contributed by atoms with Gasteiger partial charge in [-0.25, -0.2) is 0 Å². The van der Waals surface area contributed by atoms with Crippen molar-refractivity contribution in [3.05, 3.63) is 35.4 Å². The molecule has 4 nitrogen and oxygen atoms in total. The summed E-state index contributed by atoms with van der Waals surface area (Å²) >= 11 is 0. The van der Waals surface area contributed by atoms with E-state index in [1.54, 1.807) is 0 Å². The van der Waals surface area contributed by atoms with Crippen LogP contribution >= 0.6 is 0 Å². The molecule has 4 heteroatoms. The molecule has 0 radical (unpaired) electrons. The van der Waals surface area contributed by atoms with Crippen molar-refractivity contribution in [1.29, 1.82) is 5.26 Å². The van der Waals surface area contributed by atoms with E-state index in [2.05, 4.69) is 11.4 Å². The van der Waals surface area contributed by atoms with Crippen LogP contribution < -0.4 is 11.1 Å². The van der Waals surface area contributed by atoms with Crippen LogP contribution in [0.5, 0.6) is 0 Å². The molecule has 100 valence electrons. The van der Waals surface area contributed by atoms with E-state index < -0.39 is 0 Å². The third-order valence-electron chi connectivity index (χ3n) is 3.78. The lowest BCUT2D eigenvalue weighted by Crippen LogP contribution is -2.36. The molecular weight excluding hydrogens is 238 g/mol. The van der Waals surface area contributed by atoms with E-state index in [0.29, 0.717) is 11.6 Å². The van der Waals surface area contributed by atoms with Crippen LogP contribution in [0.15, 0.2) is 24.3 Å². The lowest BCUT2D eigenvalue weighted by molar-refractivity contribution is -0.122. The van der Waals surface area contributed by atoms with E-state index >= 15 is 0 Å². The number of hydrogen-bond donors (Lipinski definition) is 2. The number of rotatable bonds is 4. The zero-order valence-electron chi connectivity index (χ0n) is 10.9. The van der Waals surface area contributed by atoms with Crippen molar-refractivity contribution in [1.82, 2.24) is 5.32 Å². The summed E-state index contributed by atoms with van der Waals surface area (Å²) in [7, 11) is 0. The van der Waals surface area contributed by atoms with Crippen molar-refractivity contribution in [3.63, 3.8) is 0 Å². The molecule has 1 aliphatic carbocycles. The molecule has 0 atom stereocenters. The number of carbonyl (C=O) groups is 1. The Labute approximate surface area is 113 Å². The summed E-state index contributed by atoms with van der Waals surface area (Å²) in [5.74, 6) is -0.111. The highest BCUT2D eigenvalue weighted by molar-refractivity contribution is 5.76. The molecule has 0 aliphatic heterocycles. The minimum absolute atomic E-state index is 0.0555. The van der Waals surface area contributed by atoms with Crippen LogP contribution in [-0.4, -0.2) is 11.9 Å². The maximum atomic E-state index is 11.1. The van der Waals surface area contributed by atoms with Gasteiger partial charge in [-0.15, -0.1) is 0 Å². The Kier molecular flexibility index (Phi) is 4.53. The summed E-state index contributed by atoms with van der Waals surface area (Å²) in [6.45, 7) is 0.765. The molecule has 19 heavy (non-hydrogen) atoms. The van der Waals surface area contributed by atoms with Crippen LogP contribution in [0, 0.1) is 17.2 Å². The van der Waals surface area contributed by atoms with Gasteiger partial charge in [0.05, 0.1) is 11.6 Å². The van der Waals surface area contributed by atoms with Gasteiger partial charge in [0.1, 0.15) is 0 Å². The van der Waals surface area contributed by atoms with Crippen LogP contribution in [0.25, 0.3) is 0 Å². The first-order valence-corrected chi connectivity index (χ1v) is 6.71. The Morgan fingerprint density at radius 3 is 2.74 bits per heavy atom. The van der Waals surface area contributed by atoms with Crippen LogP contribution in [0.4, 0.5) is 0 Å². The van der Waals surface area contributed by atoms with Gasteiger partial charge < -0.3 is 11.1 Å². The zero-order chi connectivity index (χ0) is 13.7. The number of hydrogen-bond acceptors (Lipinski definition) is 3. The fraction of sp³-hybridized carbons (Fsp3) is 0.467. The van der Waals surface area contributed by atoms with E-state index in [0.717, 1.165) is 37.8 Å². The lowest BCUT2D eigenvalue weighted by Gasteiger charge is -2.27. The van der Waals surface area contributed by atoms with Gasteiger partial charge in [-0.3, -0.25) is 4.79 Å². The van der Waals surface area contributed by atoms with Gasteiger partial charge in [-0.1, -0.05) is 12.1 Å². The number of primary amides is 1. The molecule has 0 heterocycles. The van der Waals surface area contributed by atoms with Crippen molar-refractivity contribution in [3.8, 4) is 6.07 Å². The highest BCUT2D eigenvalue weighted by atomic mass is 16.1. The second-order valence-electron chi connectivity index (χ2n) is 5.14. The number of nitrogens with zero attached hydrogens (tertiary/aromatic N) is 1. The van der Waals surface area contributed by atoms with Crippen LogP contribution in [0.1, 0.15) is 36.8 Å². The first kappa shape index (κ1) is 13.6. The van der Waals surface area contributed by atoms with E-state index in [9.17, 15) is 4.79 Å². The molecule has 0 bridgehead atoms. The monoisotopic (exact) mass is 257 g/mol. The molecule has 1 fully saturated rings. The third kappa shape index (κ3) is 3.80. The van der Waals surface area contributed by atoms with Gasteiger partial charge in [-0.2, -0.15) is 5.26 Å². The summed E-state index contributed by atoms with van der Waals surface area (Å²) < 4.78 is 0. The van der Waals surface area contributed by atoms with E-state index in [4.69, 9.17) is 11.0 Å². The molecular formula is C15H19N3O. The number of nitrogens with one attached hydrogen (secondary N) is 1. The minimum Gasteiger partial charge on any atom is -0.369 e. The molecule has 0 aromatic heterocycles. The molecule has 1 aromatic carbocycles. The predicted molar refractivity (Wildman–Crippen MR) is 72.9 cm³/mol. The highest BCUT2D eigenvalue weighted by Crippen LogP contribution is 2.24. The summed E-state index contributed by atoms with van der Waals surface area (Å²) in [4.78, 5) is 11.1. The lowest BCUT2D eigenvalue weighted by atomic mass is 9.85. The van der Waals surface area contributed by atoms with Crippen LogP contribution in [-0.2, 0) is 11.3 Å². The predicted octanol–water partition coefficient (Wildman–Crippen LogP) is 1.69. The van der Waals surface area contributed by atoms with Gasteiger partial charge in [0.15, 0.2) is 0 Å². The second-order valence-corrected chi connectivity index (χ2v) is 5.14. The Bertz CT molecular complexity index is 484. The Morgan fingerprint density at radius 2 is 2.11 bits per heavy atom. The van der Waals surface area contributed by atoms with Gasteiger partial charge in [0.25, 0.3) is 0 Å². The second kappa shape index (κ2) is 6.35. The number of carbonyl (C=O) groups excluding carboxylic acids is 1. The fourth-order valence-corrected chi connectivity index (χ4v) is 2.60. The third-order valence-corrected chi connectivity index (χ3v) is 3.78. The summed E-state index contributed by atoms with van der Waals surface area (Å²) in [5, 5.41) is 12.3. The summed E-state index contributed by atoms with van der Waals surface area (Å²) in [5.41, 5.74) is 7.13. The highest BCUT2D eigenvalue weighted by Gasteiger charge is 2.24. The van der Waals surface area contributed by atoms with Crippen LogP contribution in [0.3, 0.4) is 0 Å². The van der Waals surface area contributed by atoms with Gasteiger partial charge >= 0.3 is 0 Å². The molecule has 2 rings (SSSR count). The molecule has 0 unspecified atom stereocenters. The van der Waals surface area contributed by atoms with Crippen molar-refractivity contribution < 1.29 is 4.79 Å². The molecule has 1 aromatic rings. The molecule has 0 spiro atoms. The average molecular weight is 257 g/mol. The number of benzene rings is 1. The Hall–Kier alpha value is -1.86. The summed E-state index contributed by atoms with van der Waals surface area (Å²) in [6, 6.07) is 10.2. The van der Waals surface area contributed by atoms with E-state index in [1.807, 2.05) is 24.3 Å². The zero-order valence-corrected chi connectivity index (χ0v) is 10.9. The standard InChI is InChI=1S/C15H19N3O/c16-9-11-2-1-3-12(8-11)10-18-14-6-4-13(5-7-14)15(17)19/h1-3,8,13-14,18H,4-7,10H2,(H2,17,19). The minimum atomic E-state index is -0.167. The average Bonchev–Trinajstić information content (AvgIpc) is 2.46. The maximum Gasteiger partial charge on any atom is 0.220 e. The molecule has 1 saturated carbocycles. The van der Waals surface area contributed by atoms with Crippen molar-refractivity contribution in [2.75, 3.05) is 0 Å². The first-order valence-electron chi connectivity index (χ1n) is 6.71. The smallest absolute Gasteiger partial charge is 0.220 e. The summed E-state index contributed by atoms with van der Waals surface area (Å²) in [6.07, 6.45) is 3.74. The molecule has 3 N–H and O–H groups in total. The van der Waals surface area contributed by atoms with E-state index in [1.165, 1.54) is 0 Å². The normalized spacial score (nSPS) is 22.7. The molecule has 0 saturated heterocycles. The first-order chi connectivity index (χ1) is 9.19. The number of nitrogens with two attached hydrogens (primary N) is 1. The fourth-order valence-electron chi connectivity index (χ4n) is 2.60. The Morgan fingerprint density at radius 1 is 1.37 bits per heavy atom. The quantitative estimate of drug-likeness (QED) is 0.861. The van der Waals surface area contributed by atoms with Gasteiger partial charge in [0.2, 0.25) is 5.91 Å². The largest absolute Gasteiger partial charge is 0.369 e.